The topological polar surface area (TPSA) is 40.5 Å². The van der Waals surface area contributed by atoms with Gasteiger partial charge in [0.25, 0.3) is 0 Å². The average molecular weight is 293 g/mol. The lowest BCUT2D eigenvalue weighted by Crippen LogP contribution is -2.40. The molecule has 1 saturated heterocycles. The largest absolute Gasteiger partial charge is 0.481 e. The highest BCUT2D eigenvalue weighted by molar-refractivity contribution is 5.67. The Morgan fingerprint density at radius 2 is 2.14 bits per heavy atom. The van der Waals surface area contributed by atoms with E-state index in [2.05, 4.69) is 4.90 Å². The van der Waals surface area contributed by atoms with Gasteiger partial charge in [0.15, 0.2) is 0 Å². The number of carboxylic acid groups (broad SMARTS) is 1. The number of hydrogen-bond donors (Lipinski definition) is 1. The Morgan fingerprint density at radius 3 is 2.81 bits per heavy atom. The van der Waals surface area contributed by atoms with Crippen LogP contribution < -0.4 is 0 Å². The van der Waals surface area contributed by atoms with E-state index in [0.29, 0.717) is 5.92 Å². The summed E-state index contributed by atoms with van der Waals surface area (Å²) in [4.78, 5) is 13.2. The van der Waals surface area contributed by atoms with E-state index < -0.39 is 5.97 Å². The molecule has 3 unspecified atom stereocenters. The molecule has 0 aromatic heterocycles. The second-order valence-electron chi connectivity index (χ2n) is 6.17. The zero-order chi connectivity index (χ0) is 15.4. The summed E-state index contributed by atoms with van der Waals surface area (Å²) >= 11 is 0. The summed E-state index contributed by atoms with van der Waals surface area (Å²) in [6, 6.07) is 6.94. The third-order valence-corrected chi connectivity index (χ3v) is 4.69. The van der Waals surface area contributed by atoms with E-state index in [4.69, 9.17) is 5.11 Å². The maximum absolute atomic E-state index is 13.9. The van der Waals surface area contributed by atoms with E-state index in [0.717, 1.165) is 31.5 Å². The van der Waals surface area contributed by atoms with Crippen LogP contribution in [0, 0.1) is 17.7 Å². The molecule has 0 spiro atoms. The lowest BCUT2D eigenvalue weighted by atomic mass is 9.84. The molecule has 2 rings (SSSR count). The fraction of sp³-hybridized carbons (Fsp3) is 0.588. The maximum atomic E-state index is 13.9. The van der Waals surface area contributed by atoms with Crippen molar-refractivity contribution < 1.29 is 14.3 Å². The van der Waals surface area contributed by atoms with E-state index in [1.165, 1.54) is 6.07 Å². The molecule has 1 aliphatic heterocycles. The molecule has 1 N–H and O–H groups in total. The number of carboxylic acids is 1. The normalized spacial score (nSPS) is 22.7. The SMILES string of the molecule is CC(CC(=O)O)C1CCCN(C(C)c2ccccc2F)C1. The van der Waals surface area contributed by atoms with Gasteiger partial charge in [-0.15, -0.1) is 0 Å². The van der Waals surface area contributed by atoms with Crippen LogP contribution in [0.3, 0.4) is 0 Å². The second-order valence-corrected chi connectivity index (χ2v) is 6.17. The van der Waals surface area contributed by atoms with E-state index in [9.17, 15) is 9.18 Å². The highest BCUT2D eigenvalue weighted by atomic mass is 19.1. The van der Waals surface area contributed by atoms with Gasteiger partial charge in [-0.25, -0.2) is 4.39 Å². The molecule has 3 atom stereocenters. The summed E-state index contributed by atoms with van der Waals surface area (Å²) < 4.78 is 13.9. The quantitative estimate of drug-likeness (QED) is 0.899. The second kappa shape index (κ2) is 7.03. The summed E-state index contributed by atoms with van der Waals surface area (Å²) in [5.74, 6) is -0.352. The molecule has 0 radical (unpaired) electrons. The number of piperidine rings is 1. The van der Waals surface area contributed by atoms with Gasteiger partial charge in [0.05, 0.1) is 0 Å². The molecule has 1 aromatic carbocycles. The number of hydrogen-bond acceptors (Lipinski definition) is 2. The first-order valence-electron chi connectivity index (χ1n) is 7.69. The van der Waals surface area contributed by atoms with Gasteiger partial charge in [0.2, 0.25) is 0 Å². The molecule has 1 aromatic rings. The van der Waals surface area contributed by atoms with Crippen molar-refractivity contribution in [2.45, 2.75) is 39.2 Å². The minimum atomic E-state index is -0.734. The number of aliphatic carboxylic acids is 1. The molecule has 0 saturated carbocycles. The summed E-state index contributed by atoms with van der Waals surface area (Å²) in [6.45, 7) is 5.84. The van der Waals surface area contributed by atoms with Gasteiger partial charge in [0, 0.05) is 24.6 Å². The van der Waals surface area contributed by atoms with Gasteiger partial charge in [-0.3, -0.25) is 9.69 Å². The molecule has 3 nitrogen and oxygen atoms in total. The van der Waals surface area contributed by atoms with Crippen molar-refractivity contribution in [2.24, 2.45) is 11.8 Å². The van der Waals surface area contributed by atoms with Crippen molar-refractivity contribution in [3.63, 3.8) is 0 Å². The molecular formula is C17H24FNO2. The first-order chi connectivity index (χ1) is 9.99. The van der Waals surface area contributed by atoms with Gasteiger partial charge in [-0.2, -0.15) is 0 Å². The van der Waals surface area contributed by atoms with E-state index >= 15 is 0 Å². The van der Waals surface area contributed by atoms with Crippen LogP contribution in [0.25, 0.3) is 0 Å². The standard InChI is InChI=1S/C17H24FNO2/c1-12(10-17(20)21)14-6-5-9-19(11-14)13(2)15-7-3-4-8-16(15)18/h3-4,7-8,12-14H,5-6,9-11H2,1-2H3,(H,20,21). The van der Waals surface area contributed by atoms with Crippen molar-refractivity contribution in [3.8, 4) is 0 Å². The molecule has 0 amide bonds. The maximum Gasteiger partial charge on any atom is 0.303 e. The molecule has 21 heavy (non-hydrogen) atoms. The summed E-state index contributed by atoms with van der Waals surface area (Å²) in [6.07, 6.45) is 2.33. The van der Waals surface area contributed by atoms with E-state index in [1.807, 2.05) is 26.0 Å². The Labute approximate surface area is 125 Å². The zero-order valence-corrected chi connectivity index (χ0v) is 12.8. The number of benzene rings is 1. The van der Waals surface area contributed by atoms with Crippen LogP contribution >= 0.6 is 0 Å². The van der Waals surface area contributed by atoms with Crippen LogP contribution in [0.2, 0.25) is 0 Å². The van der Waals surface area contributed by atoms with Gasteiger partial charge >= 0.3 is 5.97 Å². The predicted molar refractivity (Wildman–Crippen MR) is 80.5 cm³/mol. The molecular weight excluding hydrogens is 269 g/mol. The van der Waals surface area contributed by atoms with Gasteiger partial charge in [-0.1, -0.05) is 25.1 Å². The average Bonchev–Trinajstić information content (AvgIpc) is 2.46. The molecule has 1 heterocycles. The van der Waals surface area contributed by atoms with Crippen LogP contribution in [0.4, 0.5) is 4.39 Å². The summed E-state index contributed by atoms with van der Waals surface area (Å²) in [7, 11) is 0. The monoisotopic (exact) mass is 293 g/mol. The van der Waals surface area contributed by atoms with Crippen LogP contribution in [-0.4, -0.2) is 29.1 Å². The Balaban J connectivity index is 2.03. The molecule has 1 aliphatic rings. The lowest BCUT2D eigenvalue weighted by Gasteiger charge is -2.39. The third kappa shape index (κ3) is 4.03. The number of rotatable bonds is 5. The van der Waals surface area contributed by atoms with Gasteiger partial charge in [-0.05, 0) is 44.2 Å². The number of nitrogens with zero attached hydrogens (tertiary/aromatic N) is 1. The van der Waals surface area contributed by atoms with Crippen molar-refractivity contribution in [1.29, 1.82) is 0 Å². The third-order valence-electron chi connectivity index (χ3n) is 4.69. The fourth-order valence-corrected chi connectivity index (χ4v) is 3.31. The van der Waals surface area contributed by atoms with Crippen LogP contribution in [-0.2, 0) is 4.79 Å². The van der Waals surface area contributed by atoms with Crippen molar-refractivity contribution in [2.75, 3.05) is 13.1 Å². The number of carbonyl (C=O) groups is 1. The van der Waals surface area contributed by atoms with Crippen LogP contribution in [0.1, 0.15) is 44.7 Å². The molecule has 0 bridgehead atoms. The van der Waals surface area contributed by atoms with Crippen molar-refractivity contribution >= 4 is 5.97 Å². The van der Waals surface area contributed by atoms with Gasteiger partial charge in [0.1, 0.15) is 5.82 Å². The minimum Gasteiger partial charge on any atom is -0.481 e. The van der Waals surface area contributed by atoms with Crippen molar-refractivity contribution in [3.05, 3.63) is 35.6 Å². The smallest absolute Gasteiger partial charge is 0.303 e. The Kier molecular flexibility index (Phi) is 5.34. The van der Waals surface area contributed by atoms with Crippen LogP contribution in [0.15, 0.2) is 24.3 Å². The molecule has 1 fully saturated rings. The highest BCUT2D eigenvalue weighted by Crippen LogP contribution is 2.31. The first kappa shape index (κ1) is 16.0. The fourth-order valence-electron chi connectivity index (χ4n) is 3.31. The van der Waals surface area contributed by atoms with E-state index in [-0.39, 0.29) is 24.2 Å². The highest BCUT2D eigenvalue weighted by Gasteiger charge is 2.29. The number of halogens is 1. The molecule has 0 aliphatic carbocycles. The van der Waals surface area contributed by atoms with Crippen LogP contribution in [0.5, 0.6) is 0 Å². The number of likely N-dealkylation sites (tertiary alicyclic amines) is 1. The minimum absolute atomic E-state index is 0.0334. The van der Waals surface area contributed by atoms with Crippen molar-refractivity contribution in [1.82, 2.24) is 4.90 Å². The summed E-state index contributed by atoms with van der Waals surface area (Å²) in [5, 5.41) is 8.94. The molecule has 116 valence electrons. The lowest BCUT2D eigenvalue weighted by molar-refractivity contribution is -0.138. The van der Waals surface area contributed by atoms with E-state index in [1.54, 1.807) is 6.07 Å². The molecule has 4 heteroatoms. The zero-order valence-electron chi connectivity index (χ0n) is 12.8. The summed E-state index contributed by atoms with van der Waals surface area (Å²) in [5.41, 5.74) is 0.726. The Morgan fingerprint density at radius 1 is 1.43 bits per heavy atom. The predicted octanol–water partition coefficient (Wildman–Crippen LogP) is 3.71. The van der Waals surface area contributed by atoms with Gasteiger partial charge < -0.3 is 5.11 Å². The first-order valence-corrected chi connectivity index (χ1v) is 7.69. The Bertz CT molecular complexity index is 491. The Hall–Kier alpha value is -1.42.